The molecule has 0 aliphatic carbocycles. The first-order chi connectivity index (χ1) is 16.1. The summed E-state index contributed by atoms with van der Waals surface area (Å²) in [5, 5.41) is 4.61. The van der Waals surface area contributed by atoms with Gasteiger partial charge in [-0.2, -0.15) is 5.10 Å². The maximum Gasteiger partial charge on any atom is 0.273 e. The average Bonchev–Trinajstić information content (AvgIpc) is 3.33. The van der Waals surface area contributed by atoms with Gasteiger partial charge in [0.1, 0.15) is 17.2 Å². The number of ether oxygens (including phenoxy) is 2. The molecule has 4 aromatic rings. The van der Waals surface area contributed by atoms with Gasteiger partial charge in [0.25, 0.3) is 11.8 Å². The molecule has 0 aliphatic rings. The molecule has 0 radical (unpaired) electrons. The van der Waals surface area contributed by atoms with Gasteiger partial charge in [-0.3, -0.25) is 20.4 Å². The monoisotopic (exact) mass is 442 g/mol. The molecule has 8 nitrogen and oxygen atoms in total. The molecule has 4 rings (SSSR count). The van der Waals surface area contributed by atoms with E-state index in [0.29, 0.717) is 22.8 Å². The van der Waals surface area contributed by atoms with Crippen LogP contribution in [0, 0.1) is 0 Å². The van der Waals surface area contributed by atoms with Crippen molar-refractivity contribution < 1.29 is 19.1 Å². The van der Waals surface area contributed by atoms with E-state index in [1.54, 1.807) is 23.0 Å². The minimum atomic E-state index is -0.546. The van der Waals surface area contributed by atoms with Crippen molar-refractivity contribution in [1.29, 1.82) is 0 Å². The summed E-state index contributed by atoms with van der Waals surface area (Å²) in [4.78, 5) is 25.8. The molecule has 0 atom stereocenters. The van der Waals surface area contributed by atoms with Crippen LogP contribution in [0.25, 0.3) is 16.9 Å². The molecular weight excluding hydrogens is 420 g/mol. The molecule has 0 saturated heterocycles. The quantitative estimate of drug-likeness (QED) is 0.445. The van der Waals surface area contributed by atoms with Gasteiger partial charge in [-0.1, -0.05) is 48.5 Å². The number of carbonyl (C=O) groups is 2. The molecule has 33 heavy (non-hydrogen) atoms. The summed E-state index contributed by atoms with van der Waals surface area (Å²) < 4.78 is 12.0. The van der Waals surface area contributed by atoms with Crippen LogP contribution in [0.5, 0.6) is 11.5 Å². The summed E-state index contributed by atoms with van der Waals surface area (Å²) in [6, 6.07) is 23.7. The van der Waals surface area contributed by atoms with Crippen molar-refractivity contribution in [3.8, 4) is 28.4 Å². The third-order valence-corrected chi connectivity index (χ3v) is 4.97. The topological polar surface area (TPSA) is 94.5 Å². The Morgan fingerprint density at radius 1 is 0.788 bits per heavy atom. The van der Waals surface area contributed by atoms with Gasteiger partial charge < -0.3 is 9.47 Å². The molecule has 3 aromatic carbocycles. The number of rotatable bonds is 6. The van der Waals surface area contributed by atoms with Gasteiger partial charge in [-0.25, -0.2) is 4.68 Å². The number of aromatic nitrogens is 2. The van der Waals surface area contributed by atoms with Crippen LogP contribution in [-0.4, -0.2) is 35.8 Å². The molecule has 2 N–H and O–H groups in total. The fourth-order valence-corrected chi connectivity index (χ4v) is 3.30. The standard InChI is InChI=1S/C25H22N4O4/c1-32-19-13-14-22(33-2)20(15-19)24(30)26-27-25(31)21-16-29(18-11-7-4-8-12-18)28-23(21)17-9-5-3-6-10-17/h3-16H,1-2H3,(H,26,30)(H,27,31). The Morgan fingerprint density at radius 3 is 2.06 bits per heavy atom. The predicted octanol–water partition coefficient (Wildman–Crippen LogP) is 3.63. The van der Waals surface area contributed by atoms with Crippen molar-refractivity contribution in [3.63, 3.8) is 0 Å². The van der Waals surface area contributed by atoms with Crippen LogP contribution < -0.4 is 20.3 Å². The highest BCUT2D eigenvalue weighted by Crippen LogP contribution is 2.25. The van der Waals surface area contributed by atoms with Crippen molar-refractivity contribution in [2.24, 2.45) is 0 Å². The second-order valence-corrected chi connectivity index (χ2v) is 7.01. The Hall–Kier alpha value is -4.59. The molecule has 0 bridgehead atoms. The first-order valence-electron chi connectivity index (χ1n) is 10.1. The van der Waals surface area contributed by atoms with Gasteiger partial charge in [0, 0.05) is 11.8 Å². The van der Waals surface area contributed by atoms with E-state index >= 15 is 0 Å². The minimum absolute atomic E-state index is 0.223. The number of nitrogens with one attached hydrogen (secondary N) is 2. The van der Waals surface area contributed by atoms with Gasteiger partial charge >= 0.3 is 0 Å². The highest BCUT2D eigenvalue weighted by Gasteiger charge is 2.20. The Balaban J connectivity index is 1.60. The van der Waals surface area contributed by atoms with E-state index in [1.807, 2.05) is 60.7 Å². The van der Waals surface area contributed by atoms with E-state index in [2.05, 4.69) is 16.0 Å². The van der Waals surface area contributed by atoms with Gasteiger partial charge in [-0.15, -0.1) is 0 Å². The Kier molecular flexibility index (Phi) is 6.36. The van der Waals surface area contributed by atoms with Crippen LogP contribution in [0.3, 0.4) is 0 Å². The number of hydrogen-bond acceptors (Lipinski definition) is 5. The summed E-state index contributed by atoms with van der Waals surface area (Å²) in [5.74, 6) is -0.214. The lowest BCUT2D eigenvalue weighted by Gasteiger charge is -2.11. The Labute approximate surface area is 190 Å². The molecule has 166 valence electrons. The number of hydrogen-bond donors (Lipinski definition) is 2. The first-order valence-corrected chi connectivity index (χ1v) is 10.1. The number of para-hydroxylation sites is 1. The molecule has 0 spiro atoms. The van der Waals surface area contributed by atoms with E-state index in [1.165, 1.54) is 20.3 Å². The third-order valence-electron chi connectivity index (χ3n) is 4.97. The zero-order chi connectivity index (χ0) is 23.2. The van der Waals surface area contributed by atoms with E-state index < -0.39 is 11.8 Å². The van der Waals surface area contributed by atoms with Crippen LogP contribution in [0.4, 0.5) is 0 Å². The molecule has 0 fully saturated rings. The summed E-state index contributed by atoms with van der Waals surface area (Å²) in [5.41, 5.74) is 7.52. The predicted molar refractivity (Wildman–Crippen MR) is 123 cm³/mol. The lowest BCUT2D eigenvalue weighted by Crippen LogP contribution is -2.41. The normalized spacial score (nSPS) is 10.4. The fraction of sp³-hybridized carbons (Fsp3) is 0.0800. The summed E-state index contributed by atoms with van der Waals surface area (Å²) in [7, 11) is 2.96. The molecule has 0 unspecified atom stereocenters. The minimum Gasteiger partial charge on any atom is -0.497 e. The number of benzene rings is 3. The SMILES string of the molecule is COc1ccc(OC)c(C(=O)NNC(=O)c2cn(-c3ccccc3)nc2-c2ccccc2)c1. The van der Waals surface area contributed by atoms with Crippen molar-refractivity contribution in [2.75, 3.05) is 14.2 Å². The maximum atomic E-state index is 13.1. The third kappa shape index (κ3) is 4.69. The molecule has 0 aliphatic heterocycles. The van der Waals surface area contributed by atoms with Crippen molar-refractivity contribution in [2.45, 2.75) is 0 Å². The number of methoxy groups -OCH3 is 2. The molecule has 1 heterocycles. The zero-order valence-electron chi connectivity index (χ0n) is 18.1. The number of amides is 2. The second kappa shape index (κ2) is 9.69. The van der Waals surface area contributed by atoms with Gasteiger partial charge in [0.05, 0.1) is 31.0 Å². The Morgan fingerprint density at radius 2 is 1.42 bits per heavy atom. The lowest BCUT2D eigenvalue weighted by atomic mass is 10.1. The maximum absolute atomic E-state index is 13.1. The van der Waals surface area contributed by atoms with Gasteiger partial charge in [-0.05, 0) is 30.3 Å². The highest BCUT2D eigenvalue weighted by atomic mass is 16.5. The van der Waals surface area contributed by atoms with E-state index in [-0.39, 0.29) is 5.56 Å². The summed E-state index contributed by atoms with van der Waals surface area (Å²) >= 11 is 0. The summed E-state index contributed by atoms with van der Waals surface area (Å²) in [6.45, 7) is 0. The van der Waals surface area contributed by atoms with E-state index in [4.69, 9.17) is 9.47 Å². The molecule has 1 aromatic heterocycles. The number of hydrazine groups is 1. The average molecular weight is 442 g/mol. The largest absolute Gasteiger partial charge is 0.497 e. The summed E-state index contributed by atoms with van der Waals surface area (Å²) in [6.07, 6.45) is 1.63. The lowest BCUT2D eigenvalue weighted by molar-refractivity contribution is 0.0845. The van der Waals surface area contributed by atoms with E-state index in [0.717, 1.165) is 11.3 Å². The number of carbonyl (C=O) groups excluding carboxylic acids is 2. The van der Waals surface area contributed by atoms with E-state index in [9.17, 15) is 9.59 Å². The van der Waals surface area contributed by atoms with Crippen LogP contribution >= 0.6 is 0 Å². The van der Waals surface area contributed by atoms with Gasteiger partial charge in [0.15, 0.2) is 0 Å². The molecule has 2 amide bonds. The van der Waals surface area contributed by atoms with Crippen molar-refractivity contribution >= 4 is 11.8 Å². The Bertz CT molecular complexity index is 1270. The van der Waals surface area contributed by atoms with Crippen LogP contribution in [0.15, 0.2) is 85.1 Å². The van der Waals surface area contributed by atoms with Crippen molar-refractivity contribution in [1.82, 2.24) is 20.6 Å². The smallest absolute Gasteiger partial charge is 0.273 e. The second-order valence-electron chi connectivity index (χ2n) is 7.01. The fourth-order valence-electron chi connectivity index (χ4n) is 3.30. The molecule has 8 heteroatoms. The van der Waals surface area contributed by atoms with Crippen LogP contribution in [0.2, 0.25) is 0 Å². The van der Waals surface area contributed by atoms with Gasteiger partial charge in [0.2, 0.25) is 0 Å². The molecular formula is C25H22N4O4. The van der Waals surface area contributed by atoms with Crippen molar-refractivity contribution in [3.05, 3.63) is 96.2 Å². The van der Waals surface area contributed by atoms with Crippen LogP contribution in [0.1, 0.15) is 20.7 Å². The first kappa shape index (κ1) is 21.6. The molecule has 0 saturated carbocycles. The zero-order valence-corrected chi connectivity index (χ0v) is 18.1. The highest BCUT2D eigenvalue weighted by molar-refractivity contribution is 6.03. The van der Waals surface area contributed by atoms with Crippen LogP contribution in [-0.2, 0) is 0 Å². The number of nitrogens with zero attached hydrogens (tertiary/aromatic N) is 2.